The highest BCUT2D eigenvalue weighted by Crippen LogP contribution is 2.35. The number of piperidine rings is 1. The van der Waals surface area contributed by atoms with Crippen LogP contribution in [0.3, 0.4) is 0 Å². The van der Waals surface area contributed by atoms with Crippen molar-refractivity contribution in [3.8, 4) is 11.1 Å². The monoisotopic (exact) mass is 351 g/mol. The Morgan fingerprint density at radius 2 is 2.04 bits per heavy atom. The minimum Gasteiger partial charge on any atom is -0.481 e. The van der Waals surface area contributed by atoms with Gasteiger partial charge in [0, 0.05) is 13.1 Å². The van der Waals surface area contributed by atoms with Gasteiger partial charge < -0.3 is 10.0 Å². The smallest absolute Gasteiger partial charge is 0.308 e. The third kappa shape index (κ3) is 2.98. The van der Waals surface area contributed by atoms with Crippen LogP contribution in [0.2, 0.25) is 0 Å². The zero-order valence-electron chi connectivity index (χ0n) is 14.1. The molecule has 4 rings (SSSR count). The normalized spacial score (nSPS) is 17.4. The van der Waals surface area contributed by atoms with Crippen molar-refractivity contribution in [1.29, 1.82) is 0 Å². The maximum Gasteiger partial charge on any atom is 0.308 e. The van der Waals surface area contributed by atoms with E-state index in [1.165, 1.54) is 18.5 Å². The summed E-state index contributed by atoms with van der Waals surface area (Å²) in [6.45, 7) is 1.16. The maximum atomic E-state index is 13.7. The number of anilines is 1. The summed E-state index contributed by atoms with van der Waals surface area (Å²) in [5.74, 6) is -0.781. The van der Waals surface area contributed by atoms with Crippen LogP contribution in [0.1, 0.15) is 12.8 Å². The van der Waals surface area contributed by atoms with Crippen LogP contribution in [0.5, 0.6) is 0 Å². The van der Waals surface area contributed by atoms with Gasteiger partial charge in [-0.3, -0.25) is 4.79 Å². The molecule has 1 aliphatic heterocycles. The molecule has 3 aromatic rings. The van der Waals surface area contributed by atoms with E-state index >= 15 is 0 Å². The lowest BCUT2D eigenvalue weighted by Crippen LogP contribution is -2.39. The summed E-state index contributed by atoms with van der Waals surface area (Å²) in [6.07, 6.45) is 2.97. The molecule has 1 aliphatic rings. The molecule has 0 saturated carbocycles. The van der Waals surface area contributed by atoms with E-state index in [0.29, 0.717) is 18.8 Å². The average molecular weight is 351 g/mol. The lowest BCUT2D eigenvalue weighted by Gasteiger charge is -2.32. The summed E-state index contributed by atoms with van der Waals surface area (Å²) < 4.78 is 13.7. The average Bonchev–Trinajstić information content (AvgIpc) is 2.67. The van der Waals surface area contributed by atoms with E-state index in [4.69, 9.17) is 0 Å². The second-order valence-corrected chi connectivity index (χ2v) is 6.53. The highest BCUT2D eigenvalue weighted by atomic mass is 19.1. The Labute approximate surface area is 150 Å². The molecule has 0 amide bonds. The van der Waals surface area contributed by atoms with Crippen molar-refractivity contribution in [3.63, 3.8) is 0 Å². The third-order valence-electron chi connectivity index (χ3n) is 4.85. The van der Waals surface area contributed by atoms with Gasteiger partial charge in [0.1, 0.15) is 18.0 Å². The van der Waals surface area contributed by atoms with E-state index in [-0.39, 0.29) is 5.82 Å². The van der Waals surface area contributed by atoms with Crippen molar-refractivity contribution in [2.24, 2.45) is 5.92 Å². The van der Waals surface area contributed by atoms with Crippen molar-refractivity contribution in [1.82, 2.24) is 9.97 Å². The van der Waals surface area contributed by atoms with Gasteiger partial charge in [-0.05, 0) is 42.2 Å². The Morgan fingerprint density at radius 1 is 1.19 bits per heavy atom. The van der Waals surface area contributed by atoms with Crippen molar-refractivity contribution >= 4 is 22.7 Å². The van der Waals surface area contributed by atoms with Crippen molar-refractivity contribution in [2.75, 3.05) is 18.0 Å². The molecule has 0 bridgehead atoms. The van der Waals surface area contributed by atoms with Crippen molar-refractivity contribution < 1.29 is 14.3 Å². The Morgan fingerprint density at radius 3 is 2.85 bits per heavy atom. The van der Waals surface area contributed by atoms with Crippen LogP contribution in [0, 0.1) is 11.7 Å². The van der Waals surface area contributed by atoms with Crippen molar-refractivity contribution in [3.05, 3.63) is 54.6 Å². The van der Waals surface area contributed by atoms with Gasteiger partial charge >= 0.3 is 5.97 Å². The fourth-order valence-corrected chi connectivity index (χ4v) is 3.60. The number of aromatic nitrogens is 2. The molecule has 5 nitrogen and oxygen atoms in total. The van der Waals surface area contributed by atoms with Gasteiger partial charge in [0.15, 0.2) is 0 Å². The molecule has 132 valence electrons. The van der Waals surface area contributed by atoms with Gasteiger partial charge in [0.05, 0.1) is 16.8 Å². The summed E-state index contributed by atoms with van der Waals surface area (Å²) in [5.41, 5.74) is 2.35. The van der Waals surface area contributed by atoms with Crippen LogP contribution in [0.15, 0.2) is 48.8 Å². The number of fused-ring (bicyclic) bond motifs is 1. The fraction of sp³-hybridized carbons (Fsp3) is 0.250. The number of benzene rings is 2. The van der Waals surface area contributed by atoms with Crippen LogP contribution in [-0.2, 0) is 4.79 Å². The van der Waals surface area contributed by atoms with Gasteiger partial charge in [0.25, 0.3) is 0 Å². The second-order valence-electron chi connectivity index (χ2n) is 6.53. The van der Waals surface area contributed by atoms with Crippen LogP contribution < -0.4 is 4.90 Å². The fourth-order valence-electron chi connectivity index (χ4n) is 3.60. The van der Waals surface area contributed by atoms with Gasteiger partial charge in [-0.25, -0.2) is 14.4 Å². The minimum absolute atomic E-state index is 0.304. The molecule has 0 spiro atoms. The number of carboxylic acid groups (broad SMARTS) is 1. The van der Waals surface area contributed by atoms with E-state index in [9.17, 15) is 14.3 Å². The van der Waals surface area contributed by atoms with E-state index in [1.54, 1.807) is 6.07 Å². The molecule has 0 aliphatic carbocycles. The topological polar surface area (TPSA) is 66.3 Å². The molecule has 1 unspecified atom stereocenters. The standard InChI is InChI=1S/C20H18FN3O2/c21-15-6-1-4-13(10-15)16-7-2-8-17-18(16)19(23-12-22-17)24-9-3-5-14(11-24)20(25)26/h1-2,4,6-8,10,12,14H,3,5,9,11H2,(H,25,26). The van der Waals surface area contributed by atoms with Crippen LogP contribution in [-0.4, -0.2) is 34.1 Å². The highest BCUT2D eigenvalue weighted by Gasteiger charge is 2.27. The predicted molar refractivity (Wildman–Crippen MR) is 97.5 cm³/mol. The van der Waals surface area contributed by atoms with E-state index in [2.05, 4.69) is 9.97 Å². The van der Waals surface area contributed by atoms with Crippen LogP contribution in [0.4, 0.5) is 10.2 Å². The molecule has 2 aromatic carbocycles. The number of aliphatic carboxylic acids is 1. The summed E-state index contributed by atoms with van der Waals surface area (Å²) >= 11 is 0. The van der Waals surface area contributed by atoms with E-state index < -0.39 is 11.9 Å². The van der Waals surface area contributed by atoms with Crippen LogP contribution >= 0.6 is 0 Å². The zero-order chi connectivity index (χ0) is 18.1. The first kappa shape index (κ1) is 16.4. The van der Waals surface area contributed by atoms with Gasteiger partial charge in [-0.2, -0.15) is 0 Å². The second kappa shape index (κ2) is 6.71. The third-order valence-corrected chi connectivity index (χ3v) is 4.85. The molecular weight excluding hydrogens is 333 g/mol. The Bertz CT molecular complexity index is 971. The van der Waals surface area contributed by atoms with Crippen molar-refractivity contribution in [2.45, 2.75) is 12.8 Å². The molecule has 1 aromatic heterocycles. The summed E-state index contributed by atoms with van der Waals surface area (Å²) in [7, 11) is 0. The SMILES string of the molecule is O=C(O)C1CCCN(c2ncnc3cccc(-c4cccc(F)c4)c23)C1. The van der Waals surface area contributed by atoms with E-state index in [0.717, 1.165) is 35.0 Å². The highest BCUT2D eigenvalue weighted by molar-refractivity contribution is 6.02. The largest absolute Gasteiger partial charge is 0.481 e. The first-order valence-electron chi connectivity index (χ1n) is 8.61. The molecule has 2 heterocycles. The Kier molecular flexibility index (Phi) is 4.24. The summed E-state index contributed by atoms with van der Waals surface area (Å²) in [6, 6.07) is 12.1. The predicted octanol–water partition coefficient (Wildman–Crippen LogP) is 3.74. The first-order chi connectivity index (χ1) is 12.6. The molecular formula is C20H18FN3O2. The van der Waals surface area contributed by atoms with E-state index in [1.807, 2.05) is 29.2 Å². The number of rotatable bonds is 3. The Hall–Kier alpha value is -3.02. The molecule has 0 radical (unpaired) electrons. The number of halogens is 1. The number of carbonyl (C=O) groups is 1. The lowest BCUT2D eigenvalue weighted by atomic mass is 9.96. The van der Waals surface area contributed by atoms with Gasteiger partial charge in [-0.1, -0.05) is 24.3 Å². The zero-order valence-corrected chi connectivity index (χ0v) is 14.1. The molecule has 1 fully saturated rings. The number of hydrogen-bond donors (Lipinski definition) is 1. The van der Waals surface area contributed by atoms with Gasteiger partial charge in [-0.15, -0.1) is 0 Å². The summed E-state index contributed by atoms with van der Waals surface area (Å²) in [5, 5.41) is 10.2. The first-order valence-corrected chi connectivity index (χ1v) is 8.61. The Balaban J connectivity index is 1.87. The number of carboxylic acids is 1. The maximum absolute atomic E-state index is 13.7. The molecule has 1 N–H and O–H groups in total. The molecule has 1 atom stereocenters. The van der Waals surface area contributed by atoms with Gasteiger partial charge in [0.2, 0.25) is 0 Å². The molecule has 26 heavy (non-hydrogen) atoms. The molecule has 6 heteroatoms. The molecule has 1 saturated heterocycles. The quantitative estimate of drug-likeness (QED) is 0.779. The number of hydrogen-bond acceptors (Lipinski definition) is 4. The number of nitrogens with zero attached hydrogens (tertiary/aromatic N) is 3. The van der Waals surface area contributed by atoms with Crippen LogP contribution in [0.25, 0.3) is 22.0 Å². The lowest BCUT2D eigenvalue weighted by molar-refractivity contribution is -0.141. The minimum atomic E-state index is -0.779. The summed E-state index contributed by atoms with van der Waals surface area (Å²) in [4.78, 5) is 22.2.